The summed E-state index contributed by atoms with van der Waals surface area (Å²) in [4.78, 5) is 27.8. The Morgan fingerprint density at radius 1 is 0.786 bits per heavy atom. The summed E-state index contributed by atoms with van der Waals surface area (Å²) in [6.07, 6.45) is 5.49. The van der Waals surface area contributed by atoms with Crippen LogP contribution in [0.15, 0.2) is 71.5 Å². The minimum Gasteiger partial charge on any atom is -0.349 e. The molecule has 0 atom stereocenters. The Morgan fingerprint density at radius 2 is 1.43 bits per heavy atom. The highest BCUT2D eigenvalue weighted by Crippen LogP contribution is 2.23. The number of aromatic amines is 1. The minimum atomic E-state index is -0.349. The maximum absolute atomic E-state index is 12.5. The largest absolute Gasteiger partial charge is 0.349 e. The number of carbonyl (C=O) groups excluding carboxylic acids is 1. The number of carbonyl (C=O) groups is 1. The van der Waals surface area contributed by atoms with Gasteiger partial charge >= 0.3 is 0 Å². The lowest BCUT2D eigenvalue weighted by Crippen LogP contribution is -2.38. The molecule has 1 fully saturated rings. The summed E-state index contributed by atoms with van der Waals surface area (Å²) in [5.41, 5.74) is 3.72. The van der Waals surface area contributed by atoms with Crippen molar-refractivity contribution in [1.82, 2.24) is 10.3 Å². The molecule has 4 nitrogen and oxygen atoms in total. The molecule has 2 aromatic carbocycles. The molecule has 0 unspecified atom stereocenters. The number of benzene rings is 2. The zero-order valence-electron chi connectivity index (χ0n) is 15.8. The predicted octanol–water partition coefficient (Wildman–Crippen LogP) is 4.77. The molecule has 1 aliphatic carbocycles. The van der Waals surface area contributed by atoms with E-state index in [0.29, 0.717) is 5.69 Å². The van der Waals surface area contributed by atoms with Gasteiger partial charge < -0.3 is 10.3 Å². The number of aromatic nitrogens is 1. The van der Waals surface area contributed by atoms with Crippen molar-refractivity contribution < 1.29 is 4.79 Å². The Bertz CT molecular complexity index is 1000. The zero-order chi connectivity index (χ0) is 19.3. The molecule has 0 bridgehead atoms. The number of pyridine rings is 1. The molecule has 4 rings (SSSR count). The Hall–Kier alpha value is -3.14. The van der Waals surface area contributed by atoms with Gasteiger partial charge in [-0.2, -0.15) is 0 Å². The Labute approximate surface area is 164 Å². The molecular weight excluding hydrogens is 348 g/mol. The number of hydrogen-bond donors (Lipinski definition) is 2. The third-order valence-corrected chi connectivity index (χ3v) is 5.40. The van der Waals surface area contributed by atoms with Crippen LogP contribution < -0.4 is 10.9 Å². The van der Waals surface area contributed by atoms with Crippen LogP contribution in [0.3, 0.4) is 0 Å². The number of H-pyrrole nitrogens is 1. The van der Waals surface area contributed by atoms with Crippen LogP contribution in [0.2, 0.25) is 0 Å². The zero-order valence-corrected chi connectivity index (χ0v) is 15.8. The van der Waals surface area contributed by atoms with E-state index in [9.17, 15) is 9.59 Å². The van der Waals surface area contributed by atoms with Crippen LogP contribution in [0.1, 0.15) is 42.5 Å². The van der Waals surface area contributed by atoms with Gasteiger partial charge in [0.05, 0.1) is 0 Å². The first kappa shape index (κ1) is 18.2. The number of hydrogen-bond acceptors (Lipinski definition) is 2. The average molecular weight is 372 g/mol. The Balaban J connectivity index is 1.51. The van der Waals surface area contributed by atoms with Gasteiger partial charge in [0.2, 0.25) is 0 Å². The summed E-state index contributed by atoms with van der Waals surface area (Å²) in [5, 5.41) is 3.00. The highest BCUT2D eigenvalue weighted by Gasteiger charge is 2.18. The van der Waals surface area contributed by atoms with Gasteiger partial charge in [0.1, 0.15) is 5.56 Å². The van der Waals surface area contributed by atoms with Gasteiger partial charge in [-0.25, -0.2) is 0 Å². The summed E-state index contributed by atoms with van der Waals surface area (Å²) in [7, 11) is 0. The monoisotopic (exact) mass is 372 g/mol. The molecule has 3 aromatic rings. The van der Waals surface area contributed by atoms with Crippen LogP contribution in [-0.4, -0.2) is 16.9 Å². The highest BCUT2D eigenvalue weighted by atomic mass is 16.2. The topological polar surface area (TPSA) is 62.0 Å². The van der Waals surface area contributed by atoms with E-state index in [1.807, 2.05) is 42.5 Å². The fourth-order valence-electron chi connectivity index (χ4n) is 3.80. The normalized spacial score (nSPS) is 14.6. The van der Waals surface area contributed by atoms with E-state index in [2.05, 4.69) is 22.4 Å². The van der Waals surface area contributed by atoms with E-state index in [-0.39, 0.29) is 23.1 Å². The van der Waals surface area contributed by atoms with Crippen molar-refractivity contribution in [3.05, 3.63) is 82.6 Å². The molecule has 4 heteroatoms. The van der Waals surface area contributed by atoms with Crippen LogP contribution in [-0.2, 0) is 0 Å². The molecule has 0 aliphatic heterocycles. The molecule has 0 saturated heterocycles. The fourth-order valence-corrected chi connectivity index (χ4v) is 3.80. The Morgan fingerprint density at radius 3 is 2.11 bits per heavy atom. The first-order valence-corrected chi connectivity index (χ1v) is 9.91. The van der Waals surface area contributed by atoms with Crippen LogP contribution >= 0.6 is 0 Å². The van der Waals surface area contributed by atoms with Gasteiger partial charge in [0.15, 0.2) is 0 Å². The maximum Gasteiger partial charge on any atom is 0.261 e. The van der Waals surface area contributed by atoms with Gasteiger partial charge in [-0.15, -0.1) is 0 Å². The van der Waals surface area contributed by atoms with Crippen LogP contribution in [0.5, 0.6) is 0 Å². The molecule has 28 heavy (non-hydrogen) atoms. The molecule has 1 aliphatic rings. The molecule has 1 heterocycles. The van der Waals surface area contributed by atoms with E-state index >= 15 is 0 Å². The van der Waals surface area contributed by atoms with Crippen LogP contribution in [0, 0.1) is 0 Å². The summed E-state index contributed by atoms with van der Waals surface area (Å²) < 4.78 is 0. The maximum atomic E-state index is 12.5. The average Bonchev–Trinajstić information content (AvgIpc) is 2.75. The highest BCUT2D eigenvalue weighted by molar-refractivity contribution is 5.94. The first-order chi connectivity index (χ1) is 13.7. The second-order valence-corrected chi connectivity index (χ2v) is 7.37. The van der Waals surface area contributed by atoms with Crippen molar-refractivity contribution >= 4 is 5.91 Å². The van der Waals surface area contributed by atoms with Gasteiger partial charge in [-0.1, -0.05) is 73.9 Å². The van der Waals surface area contributed by atoms with Crippen molar-refractivity contribution in [3.8, 4) is 22.4 Å². The number of nitrogens with one attached hydrogen (secondary N) is 2. The van der Waals surface area contributed by atoms with Crippen molar-refractivity contribution in [3.63, 3.8) is 0 Å². The van der Waals surface area contributed by atoms with Crippen molar-refractivity contribution in [2.45, 2.75) is 38.1 Å². The molecule has 2 N–H and O–H groups in total. The smallest absolute Gasteiger partial charge is 0.261 e. The summed E-state index contributed by atoms with van der Waals surface area (Å²) in [6, 6.07) is 21.8. The van der Waals surface area contributed by atoms with Gasteiger partial charge in [-0.05, 0) is 41.7 Å². The van der Waals surface area contributed by atoms with Crippen molar-refractivity contribution in [1.29, 1.82) is 0 Å². The Kier molecular flexibility index (Phi) is 5.38. The molecule has 1 saturated carbocycles. The third-order valence-electron chi connectivity index (χ3n) is 5.40. The third kappa shape index (κ3) is 4.06. The van der Waals surface area contributed by atoms with Crippen LogP contribution in [0.4, 0.5) is 0 Å². The van der Waals surface area contributed by atoms with Gasteiger partial charge in [0, 0.05) is 11.7 Å². The number of rotatable bonds is 4. The summed E-state index contributed by atoms with van der Waals surface area (Å²) in [5.74, 6) is -0.279. The molecule has 1 aromatic heterocycles. The van der Waals surface area contributed by atoms with Crippen LogP contribution in [0.25, 0.3) is 22.4 Å². The molecule has 142 valence electrons. The molecule has 0 spiro atoms. The second kappa shape index (κ2) is 8.26. The molecule has 0 radical (unpaired) electrons. The van der Waals surface area contributed by atoms with E-state index in [0.717, 1.165) is 42.4 Å². The van der Waals surface area contributed by atoms with Crippen molar-refractivity contribution in [2.75, 3.05) is 0 Å². The first-order valence-electron chi connectivity index (χ1n) is 9.91. The standard InChI is InChI=1S/C24H24N2O2/c27-23(25-20-9-5-2-6-10-20)21-15-16-22(26-24(21)28)19-13-11-18(12-14-19)17-7-3-1-4-8-17/h1,3-4,7-8,11-16,20H,2,5-6,9-10H2,(H,25,27)(H,26,28). The molecular formula is C24H24N2O2. The van der Waals surface area contributed by atoms with Gasteiger partial charge in [-0.3, -0.25) is 9.59 Å². The lowest BCUT2D eigenvalue weighted by molar-refractivity contribution is 0.0926. The van der Waals surface area contributed by atoms with E-state index in [1.165, 1.54) is 6.42 Å². The SMILES string of the molecule is O=C(NC1CCCCC1)c1ccc(-c2ccc(-c3ccccc3)cc2)[nH]c1=O. The lowest BCUT2D eigenvalue weighted by Gasteiger charge is -2.22. The minimum absolute atomic E-state index is 0.176. The van der Waals surface area contributed by atoms with E-state index in [4.69, 9.17) is 0 Å². The van der Waals surface area contributed by atoms with E-state index < -0.39 is 0 Å². The second-order valence-electron chi connectivity index (χ2n) is 7.37. The number of amides is 1. The lowest BCUT2D eigenvalue weighted by atomic mass is 9.95. The van der Waals surface area contributed by atoms with Crippen molar-refractivity contribution in [2.24, 2.45) is 0 Å². The quantitative estimate of drug-likeness (QED) is 0.693. The predicted molar refractivity (Wildman–Crippen MR) is 112 cm³/mol. The van der Waals surface area contributed by atoms with E-state index in [1.54, 1.807) is 12.1 Å². The summed E-state index contributed by atoms with van der Waals surface area (Å²) in [6.45, 7) is 0. The molecule has 1 amide bonds. The van der Waals surface area contributed by atoms with Gasteiger partial charge in [0.25, 0.3) is 11.5 Å². The summed E-state index contributed by atoms with van der Waals surface area (Å²) >= 11 is 0. The fraction of sp³-hybridized carbons (Fsp3) is 0.250.